The van der Waals surface area contributed by atoms with Crippen LogP contribution in [0.2, 0.25) is 0 Å². The van der Waals surface area contributed by atoms with Crippen LogP contribution in [0.3, 0.4) is 0 Å². The molecule has 0 spiro atoms. The highest BCUT2D eigenvalue weighted by Gasteiger charge is 2.32. The number of rotatable bonds is 6. The topological polar surface area (TPSA) is 18.5 Å². The van der Waals surface area contributed by atoms with Crippen LogP contribution in [0, 0.1) is 0 Å². The standard InChI is InChI=1S/C23H21F3O2/c1-16(2)17-10-12-19(13-11-17)28-21-8-5-7-20(14-21)27-15-18-6-3-4-9-22(18)23(24,25)26/h3-14,16H,15H2,1-2H3. The zero-order chi connectivity index (χ0) is 20.1. The number of benzene rings is 3. The molecule has 3 aromatic rings. The SMILES string of the molecule is CC(C)c1ccc(Oc2cccc(OCc3ccccc3C(F)(F)F)c2)cc1. The molecule has 3 rings (SSSR count). The summed E-state index contributed by atoms with van der Waals surface area (Å²) < 4.78 is 50.7. The van der Waals surface area contributed by atoms with Gasteiger partial charge in [-0.1, -0.05) is 50.2 Å². The van der Waals surface area contributed by atoms with Crippen LogP contribution in [-0.4, -0.2) is 0 Å². The molecule has 2 nitrogen and oxygen atoms in total. The van der Waals surface area contributed by atoms with Crippen molar-refractivity contribution < 1.29 is 22.6 Å². The van der Waals surface area contributed by atoms with Gasteiger partial charge in [-0.15, -0.1) is 0 Å². The summed E-state index contributed by atoms with van der Waals surface area (Å²) in [5.41, 5.74) is 0.617. The predicted molar refractivity (Wildman–Crippen MR) is 103 cm³/mol. The van der Waals surface area contributed by atoms with E-state index in [0.717, 1.165) is 6.07 Å². The van der Waals surface area contributed by atoms with E-state index in [0.29, 0.717) is 23.2 Å². The van der Waals surface area contributed by atoms with Crippen molar-refractivity contribution in [1.82, 2.24) is 0 Å². The van der Waals surface area contributed by atoms with Gasteiger partial charge in [-0.2, -0.15) is 13.2 Å². The second-order valence-corrected chi connectivity index (χ2v) is 6.74. The first-order valence-corrected chi connectivity index (χ1v) is 8.99. The molecule has 28 heavy (non-hydrogen) atoms. The van der Waals surface area contributed by atoms with Crippen molar-refractivity contribution >= 4 is 0 Å². The van der Waals surface area contributed by atoms with Gasteiger partial charge in [-0.3, -0.25) is 0 Å². The first kappa shape index (κ1) is 19.8. The Balaban J connectivity index is 1.69. The van der Waals surface area contributed by atoms with Crippen molar-refractivity contribution in [1.29, 1.82) is 0 Å². The number of hydrogen-bond acceptors (Lipinski definition) is 2. The lowest BCUT2D eigenvalue weighted by Gasteiger charge is -2.14. The van der Waals surface area contributed by atoms with Crippen LogP contribution in [-0.2, 0) is 12.8 Å². The van der Waals surface area contributed by atoms with Crippen molar-refractivity contribution in [2.75, 3.05) is 0 Å². The molecule has 3 aromatic carbocycles. The summed E-state index contributed by atoms with van der Waals surface area (Å²) >= 11 is 0. The van der Waals surface area contributed by atoms with Crippen molar-refractivity contribution in [3.8, 4) is 17.2 Å². The van der Waals surface area contributed by atoms with Gasteiger partial charge >= 0.3 is 6.18 Å². The number of hydrogen-bond donors (Lipinski definition) is 0. The smallest absolute Gasteiger partial charge is 0.416 e. The van der Waals surface area contributed by atoms with Crippen molar-refractivity contribution in [2.45, 2.75) is 32.5 Å². The summed E-state index contributed by atoms with van der Waals surface area (Å²) in [6, 6.07) is 20.1. The molecule has 0 aliphatic carbocycles. The maximum absolute atomic E-state index is 13.1. The zero-order valence-corrected chi connectivity index (χ0v) is 15.7. The quantitative estimate of drug-likeness (QED) is 0.446. The lowest BCUT2D eigenvalue weighted by Crippen LogP contribution is -2.10. The van der Waals surface area contributed by atoms with E-state index in [9.17, 15) is 13.2 Å². The Morgan fingerprint density at radius 3 is 2.14 bits per heavy atom. The highest BCUT2D eigenvalue weighted by molar-refractivity contribution is 5.38. The first-order chi connectivity index (χ1) is 13.3. The minimum atomic E-state index is -4.41. The molecular formula is C23H21F3O2. The van der Waals surface area contributed by atoms with Crippen LogP contribution >= 0.6 is 0 Å². The lowest BCUT2D eigenvalue weighted by molar-refractivity contribution is -0.138. The van der Waals surface area contributed by atoms with Crippen LogP contribution in [0.4, 0.5) is 13.2 Å². The van der Waals surface area contributed by atoms with E-state index in [1.807, 2.05) is 24.3 Å². The Hall–Kier alpha value is -2.95. The molecule has 0 bridgehead atoms. The van der Waals surface area contributed by atoms with E-state index in [-0.39, 0.29) is 12.2 Å². The summed E-state index contributed by atoms with van der Waals surface area (Å²) in [5.74, 6) is 2.11. The Bertz CT molecular complexity index is 916. The molecule has 0 N–H and O–H groups in total. The molecule has 0 aromatic heterocycles. The average Bonchev–Trinajstić information content (AvgIpc) is 2.67. The van der Waals surface area contributed by atoms with E-state index in [1.165, 1.54) is 17.7 Å². The molecule has 0 saturated carbocycles. The fraction of sp³-hybridized carbons (Fsp3) is 0.217. The fourth-order valence-electron chi connectivity index (χ4n) is 2.77. The summed E-state index contributed by atoms with van der Waals surface area (Å²) in [5, 5.41) is 0. The monoisotopic (exact) mass is 386 g/mol. The third kappa shape index (κ3) is 5.06. The van der Waals surface area contributed by atoms with E-state index < -0.39 is 11.7 Å². The largest absolute Gasteiger partial charge is 0.489 e. The molecule has 0 radical (unpaired) electrons. The maximum Gasteiger partial charge on any atom is 0.416 e. The number of ether oxygens (including phenoxy) is 2. The highest BCUT2D eigenvalue weighted by atomic mass is 19.4. The van der Waals surface area contributed by atoms with Crippen LogP contribution in [0.15, 0.2) is 72.8 Å². The summed E-state index contributed by atoms with van der Waals surface area (Å²) in [7, 11) is 0. The molecule has 0 fully saturated rings. The zero-order valence-electron chi connectivity index (χ0n) is 15.7. The van der Waals surface area contributed by atoms with Gasteiger partial charge in [0, 0.05) is 11.6 Å². The first-order valence-electron chi connectivity index (χ1n) is 8.99. The van der Waals surface area contributed by atoms with Crippen molar-refractivity contribution in [3.05, 3.63) is 89.5 Å². The molecule has 0 aliphatic rings. The third-order valence-corrected chi connectivity index (χ3v) is 4.31. The van der Waals surface area contributed by atoms with Gasteiger partial charge in [0.1, 0.15) is 23.9 Å². The Labute approximate surface area is 162 Å². The molecule has 0 aliphatic heterocycles. The summed E-state index contributed by atoms with van der Waals surface area (Å²) in [6.45, 7) is 4.06. The fourth-order valence-corrected chi connectivity index (χ4v) is 2.77. The van der Waals surface area contributed by atoms with Gasteiger partial charge in [0.15, 0.2) is 0 Å². The average molecular weight is 386 g/mol. The minimum Gasteiger partial charge on any atom is -0.489 e. The van der Waals surface area contributed by atoms with Crippen LogP contribution in [0.5, 0.6) is 17.2 Å². The van der Waals surface area contributed by atoms with Gasteiger partial charge < -0.3 is 9.47 Å². The summed E-state index contributed by atoms with van der Waals surface area (Å²) in [4.78, 5) is 0. The number of halogens is 3. The molecular weight excluding hydrogens is 365 g/mol. The maximum atomic E-state index is 13.1. The second kappa shape index (κ2) is 8.38. The van der Waals surface area contributed by atoms with Crippen LogP contribution in [0.1, 0.15) is 36.5 Å². The van der Waals surface area contributed by atoms with Crippen molar-refractivity contribution in [3.63, 3.8) is 0 Å². The highest BCUT2D eigenvalue weighted by Crippen LogP contribution is 2.33. The van der Waals surface area contributed by atoms with E-state index in [2.05, 4.69) is 13.8 Å². The lowest BCUT2D eigenvalue weighted by atomic mass is 10.0. The molecule has 5 heteroatoms. The van der Waals surface area contributed by atoms with Crippen LogP contribution in [0.25, 0.3) is 0 Å². The van der Waals surface area contributed by atoms with Gasteiger partial charge in [0.05, 0.1) is 5.56 Å². The normalized spacial score (nSPS) is 11.5. The molecule has 0 amide bonds. The Kier molecular flexibility index (Phi) is 5.93. The van der Waals surface area contributed by atoms with Gasteiger partial charge in [0.25, 0.3) is 0 Å². The molecule has 0 saturated heterocycles. The predicted octanol–water partition coefficient (Wildman–Crippen LogP) is 7.20. The molecule has 146 valence electrons. The summed E-state index contributed by atoms with van der Waals surface area (Å²) in [6.07, 6.45) is -4.41. The molecule has 0 unspecified atom stereocenters. The Morgan fingerprint density at radius 1 is 0.786 bits per heavy atom. The van der Waals surface area contributed by atoms with E-state index in [4.69, 9.17) is 9.47 Å². The van der Waals surface area contributed by atoms with Gasteiger partial charge in [0.2, 0.25) is 0 Å². The molecule has 0 heterocycles. The van der Waals surface area contributed by atoms with Crippen molar-refractivity contribution in [2.24, 2.45) is 0 Å². The van der Waals surface area contributed by atoms with Crippen LogP contribution < -0.4 is 9.47 Å². The third-order valence-electron chi connectivity index (χ3n) is 4.31. The second-order valence-electron chi connectivity index (χ2n) is 6.74. The van der Waals surface area contributed by atoms with Gasteiger partial charge in [-0.25, -0.2) is 0 Å². The van der Waals surface area contributed by atoms with E-state index in [1.54, 1.807) is 30.3 Å². The molecule has 0 atom stereocenters. The minimum absolute atomic E-state index is 0.0885. The van der Waals surface area contributed by atoms with E-state index >= 15 is 0 Å². The van der Waals surface area contributed by atoms with Gasteiger partial charge in [-0.05, 0) is 41.8 Å². The Morgan fingerprint density at radius 2 is 1.46 bits per heavy atom. The number of alkyl halides is 3.